The number of alkyl halides is 3. The minimum atomic E-state index is -4.67. The molecule has 0 aliphatic carbocycles. The Kier molecular flexibility index (Phi) is 3.69. The summed E-state index contributed by atoms with van der Waals surface area (Å²) in [7, 11) is 1.62. The molecule has 128 valence electrons. The van der Waals surface area contributed by atoms with Crippen molar-refractivity contribution in [3.05, 3.63) is 23.8 Å². The highest BCUT2D eigenvalue weighted by Crippen LogP contribution is 2.38. The summed E-state index contributed by atoms with van der Waals surface area (Å²) in [5, 5.41) is 16.7. The number of carbonyl (C=O) groups excluding carboxylic acids is 1. The number of carbonyl (C=O) groups is 2. The lowest BCUT2D eigenvalue weighted by Crippen LogP contribution is -2.34. The summed E-state index contributed by atoms with van der Waals surface area (Å²) < 4.78 is 40.5. The van der Waals surface area contributed by atoms with Crippen molar-refractivity contribution in [1.29, 1.82) is 0 Å². The van der Waals surface area contributed by atoms with Gasteiger partial charge in [-0.1, -0.05) is 5.21 Å². The molecule has 0 saturated carbocycles. The van der Waals surface area contributed by atoms with Gasteiger partial charge in [0, 0.05) is 25.7 Å². The molecular weight excluding hydrogens is 329 g/mol. The van der Waals surface area contributed by atoms with Gasteiger partial charge in [0.15, 0.2) is 0 Å². The second kappa shape index (κ2) is 5.46. The van der Waals surface area contributed by atoms with Gasteiger partial charge in [-0.2, -0.15) is 13.2 Å². The molecule has 0 bridgehead atoms. The van der Waals surface area contributed by atoms with Crippen LogP contribution in [0.3, 0.4) is 0 Å². The maximum Gasteiger partial charge on any atom is 0.394 e. The fourth-order valence-electron chi connectivity index (χ4n) is 2.90. The number of halogens is 3. The highest BCUT2D eigenvalue weighted by molar-refractivity contribution is 5.97. The fraction of sp³-hybridized carbons (Fsp3) is 0.429. The predicted molar refractivity (Wildman–Crippen MR) is 75.1 cm³/mol. The third kappa shape index (κ3) is 2.68. The highest BCUT2D eigenvalue weighted by atomic mass is 19.4. The molecule has 1 saturated heterocycles. The molecular formula is C14H13F3N4O3. The Labute approximate surface area is 133 Å². The zero-order chi connectivity index (χ0) is 17.6. The van der Waals surface area contributed by atoms with Gasteiger partial charge in [-0.25, -0.2) is 4.68 Å². The van der Waals surface area contributed by atoms with Crippen LogP contribution in [0.2, 0.25) is 0 Å². The van der Waals surface area contributed by atoms with Crippen LogP contribution in [0.4, 0.5) is 13.2 Å². The summed E-state index contributed by atoms with van der Waals surface area (Å²) in [6.45, 7) is -1.14. The molecule has 2 heterocycles. The first kappa shape index (κ1) is 16.2. The zero-order valence-corrected chi connectivity index (χ0v) is 12.5. The first-order valence-electron chi connectivity index (χ1n) is 7.06. The lowest BCUT2D eigenvalue weighted by Gasteiger charge is -2.18. The molecule has 0 radical (unpaired) electrons. The second-order valence-corrected chi connectivity index (χ2v) is 5.72. The quantitative estimate of drug-likeness (QED) is 0.889. The number of amides is 1. The predicted octanol–water partition coefficient (Wildman–Crippen LogP) is 1.30. The summed E-state index contributed by atoms with van der Waals surface area (Å²) in [5.41, 5.74) is 1.27. The maximum atomic E-state index is 13.0. The number of aromatic nitrogens is 3. The number of aryl methyl sites for hydroxylation is 1. The summed E-state index contributed by atoms with van der Waals surface area (Å²) in [4.78, 5) is 24.5. The smallest absolute Gasteiger partial charge is 0.394 e. The van der Waals surface area contributed by atoms with Gasteiger partial charge < -0.3 is 10.0 Å². The van der Waals surface area contributed by atoms with Crippen LogP contribution in [0, 0.1) is 11.8 Å². The summed E-state index contributed by atoms with van der Waals surface area (Å²) in [6, 6.07) is 4.46. The standard InChI is InChI=1S/C14H13F3N4O3/c1-20-11-4-7(2-3-10(11)18-19-20)12(22)21-5-8(13(23)24)9(6-21)14(15,16)17/h2-4,8-9H,5-6H2,1H3,(H,23,24)/t8-,9-/m1/s1. The SMILES string of the molecule is Cn1nnc2ccc(C(=O)N3C[C@@H](C(F)(F)F)[C@H](C(=O)O)C3)cc21. The molecule has 1 N–H and O–H groups in total. The van der Waals surface area contributed by atoms with Crippen molar-refractivity contribution in [1.82, 2.24) is 19.9 Å². The van der Waals surface area contributed by atoms with E-state index in [0.717, 1.165) is 4.90 Å². The van der Waals surface area contributed by atoms with Crippen LogP contribution in [0.15, 0.2) is 18.2 Å². The molecule has 24 heavy (non-hydrogen) atoms. The number of benzene rings is 1. The van der Waals surface area contributed by atoms with Gasteiger partial charge in [0.1, 0.15) is 5.52 Å². The Balaban J connectivity index is 1.89. The fourth-order valence-corrected chi connectivity index (χ4v) is 2.90. The van der Waals surface area contributed by atoms with Crippen LogP contribution in [-0.2, 0) is 11.8 Å². The van der Waals surface area contributed by atoms with E-state index in [4.69, 9.17) is 5.11 Å². The number of likely N-dealkylation sites (tertiary alicyclic amines) is 1. The Hall–Kier alpha value is -2.65. The molecule has 2 aromatic rings. The Bertz CT molecular complexity index is 817. The Morgan fingerprint density at radius 3 is 2.58 bits per heavy atom. The highest BCUT2D eigenvalue weighted by Gasteiger charge is 2.53. The largest absolute Gasteiger partial charge is 0.481 e. The summed E-state index contributed by atoms with van der Waals surface area (Å²) in [6.07, 6.45) is -4.67. The van der Waals surface area contributed by atoms with Crippen LogP contribution in [0.1, 0.15) is 10.4 Å². The number of hydrogen-bond donors (Lipinski definition) is 1. The third-order valence-corrected chi connectivity index (χ3v) is 4.20. The van der Waals surface area contributed by atoms with Gasteiger partial charge in [-0.3, -0.25) is 9.59 Å². The van der Waals surface area contributed by atoms with E-state index >= 15 is 0 Å². The van der Waals surface area contributed by atoms with E-state index in [-0.39, 0.29) is 5.56 Å². The lowest BCUT2D eigenvalue weighted by atomic mass is 9.96. The van der Waals surface area contributed by atoms with Gasteiger partial charge in [0.2, 0.25) is 0 Å². The van der Waals surface area contributed by atoms with Gasteiger partial charge in [-0.05, 0) is 18.2 Å². The molecule has 0 unspecified atom stereocenters. The van der Waals surface area contributed by atoms with Crippen LogP contribution in [-0.4, -0.2) is 56.1 Å². The molecule has 1 aliphatic heterocycles. The van der Waals surface area contributed by atoms with E-state index in [0.29, 0.717) is 11.0 Å². The van der Waals surface area contributed by atoms with E-state index in [1.54, 1.807) is 13.1 Å². The average molecular weight is 342 g/mol. The number of carboxylic acid groups (broad SMARTS) is 1. The minimum absolute atomic E-state index is 0.167. The molecule has 3 rings (SSSR count). The van der Waals surface area contributed by atoms with Crippen molar-refractivity contribution < 1.29 is 27.9 Å². The number of aliphatic carboxylic acids is 1. The molecule has 0 spiro atoms. The van der Waals surface area contributed by atoms with Crippen molar-refractivity contribution in [2.75, 3.05) is 13.1 Å². The van der Waals surface area contributed by atoms with Gasteiger partial charge in [0.05, 0.1) is 17.4 Å². The van der Waals surface area contributed by atoms with Crippen molar-refractivity contribution >= 4 is 22.9 Å². The number of rotatable bonds is 2. The molecule has 10 heteroatoms. The summed E-state index contributed by atoms with van der Waals surface area (Å²) >= 11 is 0. The van der Waals surface area contributed by atoms with Gasteiger partial charge >= 0.3 is 12.1 Å². The molecule has 1 aromatic carbocycles. The second-order valence-electron chi connectivity index (χ2n) is 5.72. The third-order valence-electron chi connectivity index (χ3n) is 4.20. The molecule has 1 amide bonds. The number of carboxylic acids is 1. The molecule has 7 nitrogen and oxygen atoms in total. The van der Waals surface area contributed by atoms with Crippen LogP contribution >= 0.6 is 0 Å². The maximum absolute atomic E-state index is 13.0. The molecule has 2 atom stereocenters. The van der Waals surface area contributed by atoms with E-state index in [9.17, 15) is 22.8 Å². The zero-order valence-electron chi connectivity index (χ0n) is 12.5. The normalized spacial score (nSPS) is 21.4. The summed E-state index contributed by atoms with van der Waals surface area (Å²) in [5.74, 6) is -5.92. The van der Waals surface area contributed by atoms with Crippen molar-refractivity contribution in [3.8, 4) is 0 Å². The average Bonchev–Trinajstić information content (AvgIpc) is 3.11. The van der Waals surface area contributed by atoms with Crippen LogP contribution < -0.4 is 0 Å². The van der Waals surface area contributed by atoms with Crippen molar-refractivity contribution in [3.63, 3.8) is 0 Å². The molecule has 1 fully saturated rings. The monoisotopic (exact) mass is 342 g/mol. The number of fused-ring (bicyclic) bond motifs is 1. The van der Waals surface area contributed by atoms with E-state index in [1.807, 2.05) is 0 Å². The topological polar surface area (TPSA) is 88.3 Å². The Morgan fingerprint density at radius 1 is 1.29 bits per heavy atom. The first-order chi connectivity index (χ1) is 11.2. The first-order valence-corrected chi connectivity index (χ1v) is 7.06. The number of hydrogen-bond acceptors (Lipinski definition) is 4. The van der Waals surface area contributed by atoms with Gasteiger partial charge in [0.25, 0.3) is 5.91 Å². The molecule has 1 aromatic heterocycles. The van der Waals surface area contributed by atoms with E-state index < -0.39 is 43.0 Å². The van der Waals surface area contributed by atoms with Crippen LogP contribution in [0.25, 0.3) is 11.0 Å². The minimum Gasteiger partial charge on any atom is -0.481 e. The van der Waals surface area contributed by atoms with Crippen molar-refractivity contribution in [2.24, 2.45) is 18.9 Å². The van der Waals surface area contributed by atoms with E-state index in [1.165, 1.54) is 16.8 Å². The lowest BCUT2D eigenvalue weighted by molar-refractivity contribution is -0.187. The Morgan fingerprint density at radius 2 is 2.00 bits per heavy atom. The number of nitrogens with zero attached hydrogens (tertiary/aromatic N) is 4. The van der Waals surface area contributed by atoms with Crippen LogP contribution in [0.5, 0.6) is 0 Å². The molecule has 1 aliphatic rings. The van der Waals surface area contributed by atoms with Gasteiger partial charge in [-0.15, -0.1) is 5.10 Å². The van der Waals surface area contributed by atoms with Crippen molar-refractivity contribution in [2.45, 2.75) is 6.18 Å². The van der Waals surface area contributed by atoms with E-state index in [2.05, 4.69) is 10.3 Å².